The number of aliphatic hydroxyl groups is 1. The molecule has 1 amide bonds. The van der Waals surface area contributed by atoms with Crippen molar-refractivity contribution in [1.82, 2.24) is 5.32 Å². The number of aliphatic hydroxyl groups excluding tert-OH is 1. The fourth-order valence-corrected chi connectivity index (χ4v) is 3.36. The van der Waals surface area contributed by atoms with Gasteiger partial charge in [-0.1, -0.05) is 25.1 Å². The van der Waals surface area contributed by atoms with E-state index in [2.05, 4.69) is 17.4 Å². The molecule has 2 rings (SSSR count). The smallest absolute Gasteiger partial charge is 0.234 e. The molecule has 0 bridgehead atoms. The molecular weight excluding hydrogens is 246 g/mol. The van der Waals surface area contributed by atoms with Crippen LogP contribution in [0.3, 0.4) is 0 Å². The van der Waals surface area contributed by atoms with Crippen molar-refractivity contribution >= 4 is 17.7 Å². The standard InChI is InChI=1S/C14H19NO2S/c1-2-11(7-8-16)15-14(17)13-9-10-5-3-4-6-12(10)18-13/h3-6,11,13,16H,2,7-9H2,1H3,(H,15,17). The van der Waals surface area contributed by atoms with Crippen molar-refractivity contribution in [3.8, 4) is 0 Å². The van der Waals surface area contributed by atoms with Crippen LogP contribution in [0, 0.1) is 0 Å². The van der Waals surface area contributed by atoms with Crippen LogP contribution >= 0.6 is 11.8 Å². The number of hydrogen-bond acceptors (Lipinski definition) is 3. The number of fused-ring (bicyclic) bond motifs is 1. The number of nitrogens with one attached hydrogen (secondary N) is 1. The Bertz CT molecular complexity index is 397. The van der Waals surface area contributed by atoms with Crippen LogP contribution in [-0.4, -0.2) is 28.9 Å². The maximum absolute atomic E-state index is 12.1. The zero-order chi connectivity index (χ0) is 13.0. The molecule has 2 atom stereocenters. The minimum Gasteiger partial charge on any atom is -0.396 e. The van der Waals surface area contributed by atoms with E-state index in [0.717, 1.165) is 12.8 Å². The van der Waals surface area contributed by atoms with Crippen molar-refractivity contribution in [2.75, 3.05) is 6.61 Å². The molecule has 1 heterocycles. The van der Waals surface area contributed by atoms with Gasteiger partial charge in [-0.15, -0.1) is 11.8 Å². The minimum atomic E-state index is -0.0184. The zero-order valence-corrected chi connectivity index (χ0v) is 11.4. The van der Waals surface area contributed by atoms with E-state index in [0.29, 0.717) is 6.42 Å². The molecule has 4 heteroatoms. The highest BCUT2D eigenvalue weighted by Crippen LogP contribution is 2.36. The molecule has 0 fully saturated rings. The van der Waals surface area contributed by atoms with Crippen molar-refractivity contribution in [3.63, 3.8) is 0 Å². The number of carbonyl (C=O) groups excluding carboxylic acids is 1. The van der Waals surface area contributed by atoms with Gasteiger partial charge in [-0.2, -0.15) is 0 Å². The van der Waals surface area contributed by atoms with Gasteiger partial charge in [0.15, 0.2) is 0 Å². The molecule has 0 spiro atoms. The van der Waals surface area contributed by atoms with E-state index in [1.165, 1.54) is 10.5 Å². The predicted molar refractivity (Wildman–Crippen MR) is 73.7 cm³/mol. The van der Waals surface area contributed by atoms with Gasteiger partial charge in [0.05, 0.1) is 5.25 Å². The summed E-state index contributed by atoms with van der Waals surface area (Å²) in [6.07, 6.45) is 2.30. The Morgan fingerprint density at radius 2 is 2.33 bits per heavy atom. The summed E-state index contributed by atoms with van der Waals surface area (Å²) in [5.74, 6) is 0.0940. The summed E-state index contributed by atoms with van der Waals surface area (Å²) in [4.78, 5) is 13.4. The molecule has 18 heavy (non-hydrogen) atoms. The van der Waals surface area contributed by atoms with E-state index in [1.807, 2.05) is 19.1 Å². The lowest BCUT2D eigenvalue weighted by Gasteiger charge is -2.18. The van der Waals surface area contributed by atoms with Gasteiger partial charge in [-0.3, -0.25) is 4.79 Å². The molecule has 0 saturated heterocycles. The SMILES string of the molecule is CCC(CCO)NC(=O)C1Cc2ccccc2S1. The van der Waals surface area contributed by atoms with Gasteiger partial charge in [0.1, 0.15) is 0 Å². The van der Waals surface area contributed by atoms with Crippen molar-refractivity contribution in [3.05, 3.63) is 29.8 Å². The van der Waals surface area contributed by atoms with E-state index in [1.54, 1.807) is 11.8 Å². The second-order valence-electron chi connectivity index (χ2n) is 4.54. The third kappa shape index (κ3) is 3.06. The number of carbonyl (C=O) groups is 1. The average molecular weight is 265 g/mol. The summed E-state index contributed by atoms with van der Waals surface area (Å²) >= 11 is 1.64. The number of amides is 1. The van der Waals surface area contributed by atoms with Gasteiger partial charge in [-0.25, -0.2) is 0 Å². The minimum absolute atomic E-state index is 0.0184. The molecule has 2 N–H and O–H groups in total. The molecule has 1 aromatic rings. The quantitative estimate of drug-likeness (QED) is 0.856. The van der Waals surface area contributed by atoms with Crippen molar-refractivity contribution in [2.24, 2.45) is 0 Å². The second kappa shape index (κ2) is 6.25. The first-order valence-electron chi connectivity index (χ1n) is 6.40. The van der Waals surface area contributed by atoms with E-state index in [9.17, 15) is 4.79 Å². The van der Waals surface area contributed by atoms with Gasteiger partial charge in [-0.05, 0) is 30.9 Å². The molecule has 98 valence electrons. The predicted octanol–water partition coefficient (Wildman–Crippen LogP) is 1.98. The number of thioether (sulfide) groups is 1. The molecule has 1 aliphatic rings. The van der Waals surface area contributed by atoms with Crippen LogP contribution in [0.5, 0.6) is 0 Å². The highest BCUT2D eigenvalue weighted by Gasteiger charge is 2.28. The van der Waals surface area contributed by atoms with Crippen LogP contribution in [0.1, 0.15) is 25.3 Å². The molecule has 2 unspecified atom stereocenters. The van der Waals surface area contributed by atoms with Gasteiger partial charge in [0.25, 0.3) is 0 Å². The molecule has 0 aromatic heterocycles. The fourth-order valence-electron chi connectivity index (χ4n) is 2.16. The first-order valence-corrected chi connectivity index (χ1v) is 7.28. The highest BCUT2D eigenvalue weighted by atomic mass is 32.2. The lowest BCUT2D eigenvalue weighted by atomic mass is 10.1. The Kier molecular flexibility index (Phi) is 4.66. The Labute approximate surface area is 112 Å². The van der Waals surface area contributed by atoms with E-state index < -0.39 is 0 Å². The van der Waals surface area contributed by atoms with Crippen LogP contribution in [0.2, 0.25) is 0 Å². The fraction of sp³-hybridized carbons (Fsp3) is 0.500. The summed E-state index contributed by atoms with van der Waals surface area (Å²) in [5, 5.41) is 11.9. The Hall–Kier alpha value is -1.00. The number of hydrogen-bond donors (Lipinski definition) is 2. The van der Waals surface area contributed by atoms with Crippen LogP contribution in [0.4, 0.5) is 0 Å². The van der Waals surface area contributed by atoms with Crippen LogP contribution in [0.15, 0.2) is 29.2 Å². The monoisotopic (exact) mass is 265 g/mol. The zero-order valence-electron chi connectivity index (χ0n) is 10.6. The Balaban J connectivity index is 1.92. The van der Waals surface area contributed by atoms with E-state index >= 15 is 0 Å². The number of benzene rings is 1. The molecule has 0 radical (unpaired) electrons. The van der Waals surface area contributed by atoms with Crippen LogP contribution in [0.25, 0.3) is 0 Å². The first kappa shape index (κ1) is 13.4. The molecular formula is C14H19NO2S. The molecule has 0 saturated carbocycles. The number of rotatable bonds is 5. The Morgan fingerprint density at radius 1 is 1.56 bits per heavy atom. The first-order chi connectivity index (χ1) is 8.74. The topological polar surface area (TPSA) is 49.3 Å². The molecule has 3 nitrogen and oxygen atoms in total. The largest absolute Gasteiger partial charge is 0.396 e. The maximum atomic E-state index is 12.1. The normalized spacial score (nSPS) is 19.3. The van der Waals surface area contributed by atoms with Gasteiger partial charge >= 0.3 is 0 Å². The van der Waals surface area contributed by atoms with Crippen molar-refractivity contribution < 1.29 is 9.90 Å². The third-order valence-corrected chi connectivity index (χ3v) is 4.57. The molecule has 0 aliphatic carbocycles. The van der Waals surface area contributed by atoms with Crippen LogP contribution < -0.4 is 5.32 Å². The second-order valence-corrected chi connectivity index (χ2v) is 5.79. The van der Waals surface area contributed by atoms with E-state index in [4.69, 9.17) is 5.11 Å². The van der Waals surface area contributed by atoms with Crippen molar-refractivity contribution in [2.45, 2.75) is 42.4 Å². The average Bonchev–Trinajstić information content (AvgIpc) is 2.82. The third-order valence-electron chi connectivity index (χ3n) is 3.26. The van der Waals surface area contributed by atoms with E-state index in [-0.39, 0.29) is 23.8 Å². The lowest BCUT2D eigenvalue weighted by molar-refractivity contribution is -0.121. The Morgan fingerprint density at radius 3 is 3.00 bits per heavy atom. The maximum Gasteiger partial charge on any atom is 0.234 e. The van der Waals surface area contributed by atoms with Gasteiger partial charge in [0.2, 0.25) is 5.91 Å². The molecule has 1 aliphatic heterocycles. The van der Waals surface area contributed by atoms with Gasteiger partial charge < -0.3 is 10.4 Å². The van der Waals surface area contributed by atoms with Crippen molar-refractivity contribution in [1.29, 1.82) is 0 Å². The summed E-state index contributed by atoms with van der Waals surface area (Å²) in [6, 6.07) is 8.26. The summed E-state index contributed by atoms with van der Waals surface area (Å²) in [7, 11) is 0. The lowest BCUT2D eigenvalue weighted by Crippen LogP contribution is -2.40. The molecule has 1 aromatic carbocycles. The highest BCUT2D eigenvalue weighted by molar-refractivity contribution is 8.01. The summed E-state index contributed by atoms with van der Waals surface area (Å²) in [5.41, 5.74) is 1.26. The van der Waals surface area contributed by atoms with Gasteiger partial charge in [0, 0.05) is 17.5 Å². The van der Waals surface area contributed by atoms with Crippen LogP contribution in [-0.2, 0) is 11.2 Å². The summed E-state index contributed by atoms with van der Waals surface area (Å²) < 4.78 is 0. The summed E-state index contributed by atoms with van der Waals surface area (Å²) in [6.45, 7) is 2.15.